The summed E-state index contributed by atoms with van der Waals surface area (Å²) >= 11 is 6.86. The number of carbonyl (C=O) groups is 2. The molecule has 0 amide bonds. The third-order valence-electron chi connectivity index (χ3n) is 7.52. The maximum atomic E-state index is 13.7. The lowest BCUT2D eigenvalue weighted by molar-refractivity contribution is -0.136. The van der Waals surface area contributed by atoms with E-state index in [9.17, 15) is 9.59 Å². The Morgan fingerprint density at radius 1 is 0.927 bits per heavy atom. The molecule has 0 aromatic heterocycles. The van der Waals surface area contributed by atoms with E-state index in [1.807, 2.05) is 43.3 Å². The number of hydrogen-bond donors (Lipinski definition) is 1. The van der Waals surface area contributed by atoms with Crippen molar-refractivity contribution in [1.82, 2.24) is 5.32 Å². The Bertz CT molecular complexity index is 1790. The zero-order chi connectivity index (χ0) is 28.7. The minimum Gasteiger partial charge on any atom is -0.490 e. The Labute approximate surface area is 243 Å². The molecule has 206 valence electrons. The van der Waals surface area contributed by atoms with Gasteiger partial charge in [-0.25, -0.2) is 4.79 Å². The van der Waals surface area contributed by atoms with Crippen LogP contribution in [0, 0.1) is 0 Å². The quantitative estimate of drug-likeness (QED) is 0.239. The molecule has 0 unspecified atom stereocenters. The molecular formula is C34H28ClNO5. The highest BCUT2D eigenvalue weighted by Crippen LogP contribution is 2.49. The average molecular weight is 566 g/mol. The third-order valence-corrected chi connectivity index (χ3v) is 7.80. The molecule has 4 aromatic carbocycles. The van der Waals surface area contributed by atoms with E-state index < -0.39 is 11.9 Å². The maximum absolute atomic E-state index is 13.7. The molecule has 0 fully saturated rings. The first-order chi connectivity index (χ1) is 19.9. The summed E-state index contributed by atoms with van der Waals surface area (Å²) in [6.07, 6.45) is 0. The van der Waals surface area contributed by atoms with Crippen molar-refractivity contribution in [2.75, 3.05) is 13.7 Å². The van der Waals surface area contributed by atoms with Crippen LogP contribution in [0.2, 0.25) is 5.02 Å². The van der Waals surface area contributed by atoms with Crippen LogP contribution in [0.5, 0.6) is 11.5 Å². The van der Waals surface area contributed by atoms with Gasteiger partial charge >= 0.3 is 5.97 Å². The predicted octanol–water partition coefficient (Wildman–Crippen LogP) is 7.21. The number of ketones is 1. The maximum Gasteiger partial charge on any atom is 0.336 e. The highest BCUT2D eigenvalue weighted by Gasteiger charge is 2.43. The van der Waals surface area contributed by atoms with E-state index in [-0.39, 0.29) is 12.4 Å². The summed E-state index contributed by atoms with van der Waals surface area (Å²) in [7, 11) is 1.33. The van der Waals surface area contributed by atoms with Crippen LogP contribution >= 0.6 is 11.6 Å². The lowest BCUT2D eigenvalue weighted by Gasteiger charge is -2.29. The molecule has 0 spiro atoms. The van der Waals surface area contributed by atoms with Crippen LogP contribution in [-0.2, 0) is 16.1 Å². The third kappa shape index (κ3) is 4.64. The molecular weight excluding hydrogens is 538 g/mol. The number of esters is 1. The number of nitrogens with one attached hydrogen (secondary N) is 1. The van der Waals surface area contributed by atoms with E-state index in [1.54, 1.807) is 25.1 Å². The molecule has 1 aliphatic carbocycles. The molecule has 1 atom stereocenters. The number of allylic oxidation sites excluding steroid dienone is 2. The predicted molar refractivity (Wildman–Crippen MR) is 159 cm³/mol. The highest BCUT2D eigenvalue weighted by molar-refractivity contribution is 6.32. The summed E-state index contributed by atoms with van der Waals surface area (Å²) in [4.78, 5) is 26.8. The van der Waals surface area contributed by atoms with Gasteiger partial charge in [0.05, 0.1) is 30.0 Å². The van der Waals surface area contributed by atoms with Gasteiger partial charge in [-0.15, -0.1) is 0 Å². The lowest BCUT2D eigenvalue weighted by Crippen LogP contribution is -2.29. The number of Topliss-reactive ketones (excluding diaryl/α,β-unsaturated/α-hetero) is 1. The number of rotatable bonds is 7. The number of fused-ring (bicyclic) bond motifs is 3. The second-order valence-electron chi connectivity index (χ2n) is 9.98. The topological polar surface area (TPSA) is 73.9 Å². The average Bonchev–Trinajstić information content (AvgIpc) is 3.26. The van der Waals surface area contributed by atoms with E-state index in [4.69, 9.17) is 25.8 Å². The van der Waals surface area contributed by atoms with Gasteiger partial charge in [0, 0.05) is 28.3 Å². The summed E-state index contributed by atoms with van der Waals surface area (Å²) in [6, 6.07) is 25.3. The van der Waals surface area contributed by atoms with Crippen molar-refractivity contribution in [1.29, 1.82) is 0 Å². The number of methoxy groups -OCH3 is 1. The fraction of sp³-hybridized carbons (Fsp3) is 0.176. The summed E-state index contributed by atoms with van der Waals surface area (Å²) in [5, 5.41) is 5.88. The first-order valence-electron chi connectivity index (χ1n) is 13.4. The van der Waals surface area contributed by atoms with Crippen molar-refractivity contribution in [3.05, 3.63) is 123 Å². The van der Waals surface area contributed by atoms with Crippen LogP contribution in [0.3, 0.4) is 0 Å². The second kappa shape index (κ2) is 10.8. The SMILES string of the molecule is CCOc1cc([C@@H]2C(C(=O)OC)=C(C)NC3=C2C(=O)c2ccccc23)cc(Cl)c1OCc1ccc2ccccc2c1. The Balaban J connectivity index is 1.42. The molecule has 1 heterocycles. The van der Waals surface area contributed by atoms with Crippen LogP contribution in [-0.4, -0.2) is 25.5 Å². The highest BCUT2D eigenvalue weighted by atomic mass is 35.5. The van der Waals surface area contributed by atoms with E-state index in [2.05, 4.69) is 29.6 Å². The van der Waals surface area contributed by atoms with Gasteiger partial charge in [-0.1, -0.05) is 72.3 Å². The standard InChI is InChI=1S/C34H28ClNO5/c1-4-40-27-17-23(16-26(35)33(27)41-18-20-13-14-21-9-5-6-10-22(21)15-20)29-28(34(38)39-3)19(2)36-31-24-11-7-8-12-25(24)32(37)30(29)31/h5-17,29,36H,4,18H2,1-3H3/t29-/m1/s1. The van der Waals surface area contributed by atoms with Gasteiger partial charge in [0.25, 0.3) is 0 Å². The molecule has 0 bridgehead atoms. The van der Waals surface area contributed by atoms with E-state index in [0.29, 0.717) is 56.8 Å². The fourth-order valence-electron chi connectivity index (χ4n) is 5.68. The van der Waals surface area contributed by atoms with Crippen molar-refractivity contribution in [2.24, 2.45) is 0 Å². The van der Waals surface area contributed by atoms with Gasteiger partial charge in [-0.3, -0.25) is 4.79 Å². The number of carbonyl (C=O) groups excluding carboxylic acids is 2. The molecule has 0 saturated carbocycles. The smallest absolute Gasteiger partial charge is 0.336 e. The van der Waals surface area contributed by atoms with Gasteiger partial charge in [0.1, 0.15) is 6.61 Å². The van der Waals surface area contributed by atoms with Crippen molar-refractivity contribution in [3.8, 4) is 11.5 Å². The molecule has 2 aliphatic rings. The number of dihydropyridines is 1. The molecule has 7 heteroatoms. The Morgan fingerprint density at radius 2 is 1.66 bits per heavy atom. The Hall–Kier alpha value is -4.55. The van der Waals surface area contributed by atoms with Gasteiger partial charge in [-0.05, 0) is 53.9 Å². The van der Waals surface area contributed by atoms with Crippen LogP contribution in [0.1, 0.15) is 46.8 Å². The van der Waals surface area contributed by atoms with Gasteiger partial charge < -0.3 is 19.5 Å². The monoisotopic (exact) mass is 565 g/mol. The van der Waals surface area contributed by atoms with Crippen molar-refractivity contribution in [2.45, 2.75) is 26.4 Å². The minimum atomic E-state index is -0.718. The molecule has 0 saturated heterocycles. The molecule has 1 N–H and O–H groups in total. The summed E-state index contributed by atoms with van der Waals surface area (Å²) in [5.74, 6) is -0.560. The number of ether oxygens (including phenoxy) is 3. The van der Waals surface area contributed by atoms with Gasteiger partial charge in [0.15, 0.2) is 17.3 Å². The zero-order valence-electron chi connectivity index (χ0n) is 22.9. The first kappa shape index (κ1) is 26.7. The molecule has 0 radical (unpaired) electrons. The molecule has 1 aliphatic heterocycles. The first-order valence-corrected chi connectivity index (χ1v) is 13.8. The Kier molecular flexibility index (Phi) is 7.01. The van der Waals surface area contributed by atoms with E-state index in [0.717, 1.165) is 21.9 Å². The second-order valence-corrected chi connectivity index (χ2v) is 10.4. The van der Waals surface area contributed by atoms with Crippen LogP contribution < -0.4 is 14.8 Å². The zero-order valence-corrected chi connectivity index (χ0v) is 23.7. The van der Waals surface area contributed by atoms with E-state index >= 15 is 0 Å². The minimum absolute atomic E-state index is 0.146. The number of hydrogen-bond acceptors (Lipinski definition) is 6. The fourth-order valence-corrected chi connectivity index (χ4v) is 5.96. The lowest BCUT2D eigenvalue weighted by atomic mass is 9.79. The molecule has 6 nitrogen and oxygen atoms in total. The summed E-state index contributed by atoms with van der Waals surface area (Å²) in [5.41, 5.74) is 5.11. The number of benzene rings is 4. The summed E-state index contributed by atoms with van der Waals surface area (Å²) in [6.45, 7) is 4.34. The van der Waals surface area contributed by atoms with Crippen molar-refractivity contribution < 1.29 is 23.8 Å². The largest absolute Gasteiger partial charge is 0.490 e. The Morgan fingerprint density at radius 3 is 2.41 bits per heavy atom. The van der Waals surface area contributed by atoms with Crippen molar-refractivity contribution in [3.63, 3.8) is 0 Å². The van der Waals surface area contributed by atoms with Crippen molar-refractivity contribution >= 4 is 39.8 Å². The summed E-state index contributed by atoms with van der Waals surface area (Å²) < 4.78 is 17.4. The van der Waals surface area contributed by atoms with Gasteiger partial charge in [0.2, 0.25) is 0 Å². The normalized spacial score (nSPS) is 15.9. The van der Waals surface area contributed by atoms with Crippen LogP contribution in [0.4, 0.5) is 0 Å². The van der Waals surface area contributed by atoms with Crippen LogP contribution in [0.15, 0.2) is 95.7 Å². The molecule has 6 rings (SSSR count). The van der Waals surface area contributed by atoms with Crippen LogP contribution in [0.25, 0.3) is 16.5 Å². The van der Waals surface area contributed by atoms with Gasteiger partial charge in [-0.2, -0.15) is 0 Å². The number of halogens is 1. The van der Waals surface area contributed by atoms with E-state index in [1.165, 1.54) is 7.11 Å². The molecule has 41 heavy (non-hydrogen) atoms. The molecule has 4 aromatic rings.